The van der Waals surface area contributed by atoms with E-state index < -0.39 is 12.1 Å². The summed E-state index contributed by atoms with van der Waals surface area (Å²) in [6.45, 7) is 2.62. The highest BCUT2D eigenvalue weighted by Crippen LogP contribution is 2.20. The van der Waals surface area contributed by atoms with Crippen molar-refractivity contribution in [3.05, 3.63) is 96.1 Å². The second kappa shape index (κ2) is 11.0. The fourth-order valence-electron chi connectivity index (χ4n) is 3.10. The summed E-state index contributed by atoms with van der Waals surface area (Å²) in [6, 6.07) is 26.1. The number of benzene rings is 3. The maximum atomic E-state index is 11.2. The lowest BCUT2D eigenvalue weighted by atomic mass is 10.0. The summed E-state index contributed by atoms with van der Waals surface area (Å²) < 4.78 is 11.0. The van der Waals surface area contributed by atoms with Crippen molar-refractivity contribution in [3.8, 4) is 16.9 Å². The Morgan fingerprint density at radius 2 is 1.60 bits per heavy atom. The minimum atomic E-state index is -0.945. The zero-order valence-corrected chi connectivity index (χ0v) is 17.0. The van der Waals surface area contributed by atoms with E-state index in [1.165, 1.54) is 11.1 Å². The molecule has 0 aliphatic carbocycles. The second-order valence-corrected chi connectivity index (χ2v) is 6.83. The minimum absolute atomic E-state index is 0.336. The fraction of sp³-hybridized carbons (Fsp3) is 0.192. The topological polar surface area (TPSA) is 55.8 Å². The molecule has 0 saturated heterocycles. The van der Waals surface area contributed by atoms with E-state index in [2.05, 4.69) is 36.4 Å². The van der Waals surface area contributed by atoms with Crippen molar-refractivity contribution in [1.82, 2.24) is 0 Å². The molecule has 3 aromatic carbocycles. The van der Waals surface area contributed by atoms with Crippen LogP contribution < -0.4 is 4.74 Å². The van der Waals surface area contributed by atoms with Gasteiger partial charge in [0, 0.05) is 13.0 Å². The monoisotopic (exact) mass is 402 g/mol. The third-order valence-electron chi connectivity index (χ3n) is 4.66. The van der Waals surface area contributed by atoms with Gasteiger partial charge in [-0.15, -0.1) is 0 Å². The molecule has 0 spiro atoms. The predicted molar refractivity (Wildman–Crippen MR) is 120 cm³/mol. The molecule has 4 heteroatoms. The lowest BCUT2D eigenvalue weighted by Gasteiger charge is -2.12. The molecule has 3 aromatic rings. The summed E-state index contributed by atoms with van der Waals surface area (Å²) >= 11 is 0. The van der Waals surface area contributed by atoms with Gasteiger partial charge in [0.25, 0.3) is 0 Å². The van der Waals surface area contributed by atoms with Crippen molar-refractivity contribution in [2.75, 3.05) is 13.2 Å². The highest BCUT2D eigenvalue weighted by molar-refractivity contribution is 5.72. The molecule has 4 nitrogen and oxygen atoms in total. The van der Waals surface area contributed by atoms with Gasteiger partial charge in [-0.2, -0.15) is 0 Å². The van der Waals surface area contributed by atoms with Gasteiger partial charge in [0.05, 0.1) is 0 Å². The number of rotatable bonds is 10. The maximum absolute atomic E-state index is 11.2. The van der Waals surface area contributed by atoms with Crippen LogP contribution >= 0.6 is 0 Å². The number of aliphatic carboxylic acids is 1. The molecule has 0 aromatic heterocycles. The standard InChI is InChI=1S/C26H26O4/c1-2-29-25(26(27)28)19-21-12-16-24(17-13-21)30-18-6-7-20-10-14-23(15-11-20)22-8-4-3-5-9-22/h3-17,25H,2,18-19H2,1H3,(H,27,28)/t25-/m0/s1. The molecule has 0 heterocycles. The highest BCUT2D eigenvalue weighted by atomic mass is 16.5. The molecule has 0 fully saturated rings. The van der Waals surface area contributed by atoms with Gasteiger partial charge in [-0.05, 0) is 47.4 Å². The highest BCUT2D eigenvalue weighted by Gasteiger charge is 2.17. The van der Waals surface area contributed by atoms with E-state index in [4.69, 9.17) is 9.47 Å². The molecule has 0 unspecified atom stereocenters. The van der Waals surface area contributed by atoms with Crippen LogP contribution in [0, 0.1) is 0 Å². The Kier molecular flexibility index (Phi) is 7.81. The molecule has 154 valence electrons. The van der Waals surface area contributed by atoms with Gasteiger partial charge < -0.3 is 14.6 Å². The first-order chi connectivity index (χ1) is 14.7. The first-order valence-corrected chi connectivity index (χ1v) is 10.0. The molecule has 0 aliphatic heterocycles. The maximum Gasteiger partial charge on any atom is 0.333 e. The van der Waals surface area contributed by atoms with E-state index >= 15 is 0 Å². The molecule has 3 rings (SSSR count). The number of carbonyl (C=O) groups is 1. The van der Waals surface area contributed by atoms with Gasteiger partial charge in [-0.25, -0.2) is 4.79 Å². The van der Waals surface area contributed by atoms with Crippen molar-refractivity contribution < 1.29 is 19.4 Å². The number of hydrogen-bond acceptors (Lipinski definition) is 3. The Bertz CT molecular complexity index is 945. The average molecular weight is 402 g/mol. The molecule has 0 radical (unpaired) electrons. The molecular formula is C26H26O4. The van der Waals surface area contributed by atoms with E-state index in [0.29, 0.717) is 19.6 Å². The Hall–Kier alpha value is -3.37. The summed E-state index contributed by atoms with van der Waals surface area (Å²) in [6.07, 6.45) is 3.52. The van der Waals surface area contributed by atoms with Crippen LogP contribution in [0.5, 0.6) is 5.75 Å². The van der Waals surface area contributed by atoms with E-state index in [-0.39, 0.29) is 0 Å². The van der Waals surface area contributed by atoms with Gasteiger partial charge in [-0.3, -0.25) is 0 Å². The van der Waals surface area contributed by atoms with Crippen LogP contribution in [0.15, 0.2) is 84.9 Å². The van der Waals surface area contributed by atoms with Crippen LogP contribution in [0.25, 0.3) is 17.2 Å². The summed E-state index contributed by atoms with van der Waals surface area (Å²) in [4.78, 5) is 11.2. The number of carboxylic acid groups (broad SMARTS) is 1. The summed E-state index contributed by atoms with van der Waals surface area (Å²) in [7, 11) is 0. The third-order valence-corrected chi connectivity index (χ3v) is 4.66. The lowest BCUT2D eigenvalue weighted by Crippen LogP contribution is -2.26. The number of ether oxygens (including phenoxy) is 2. The smallest absolute Gasteiger partial charge is 0.333 e. The predicted octanol–water partition coefficient (Wildman–Crippen LogP) is 5.48. The van der Waals surface area contributed by atoms with Crippen molar-refractivity contribution in [3.63, 3.8) is 0 Å². The molecule has 0 amide bonds. The first-order valence-electron chi connectivity index (χ1n) is 10.0. The Labute approximate surface area is 177 Å². The van der Waals surface area contributed by atoms with Gasteiger partial charge in [0.2, 0.25) is 0 Å². The second-order valence-electron chi connectivity index (χ2n) is 6.83. The largest absolute Gasteiger partial charge is 0.490 e. The Morgan fingerprint density at radius 3 is 2.23 bits per heavy atom. The quantitative estimate of drug-likeness (QED) is 0.488. The van der Waals surface area contributed by atoms with Crippen molar-refractivity contribution in [2.24, 2.45) is 0 Å². The van der Waals surface area contributed by atoms with Gasteiger partial charge >= 0.3 is 5.97 Å². The molecule has 1 N–H and O–H groups in total. The van der Waals surface area contributed by atoms with Crippen molar-refractivity contribution in [1.29, 1.82) is 0 Å². The van der Waals surface area contributed by atoms with Crippen molar-refractivity contribution in [2.45, 2.75) is 19.4 Å². The molecule has 0 aliphatic rings. The first kappa shape index (κ1) is 21.3. The number of hydrogen-bond donors (Lipinski definition) is 1. The molecular weight excluding hydrogens is 376 g/mol. The van der Waals surface area contributed by atoms with Crippen LogP contribution in [0.1, 0.15) is 18.1 Å². The SMILES string of the molecule is CCO[C@@H](Cc1ccc(OCC=Cc2ccc(-c3ccccc3)cc2)cc1)C(=O)O. The van der Waals surface area contributed by atoms with Crippen molar-refractivity contribution >= 4 is 12.0 Å². The van der Waals surface area contributed by atoms with Crippen LogP contribution in [-0.2, 0) is 16.0 Å². The van der Waals surface area contributed by atoms with Gasteiger partial charge in [0.1, 0.15) is 12.4 Å². The minimum Gasteiger partial charge on any atom is -0.490 e. The normalized spacial score (nSPS) is 12.0. The summed E-state index contributed by atoms with van der Waals surface area (Å²) in [5.74, 6) is -0.203. The van der Waals surface area contributed by atoms with E-state index in [0.717, 1.165) is 16.9 Å². The molecule has 30 heavy (non-hydrogen) atoms. The van der Waals surface area contributed by atoms with E-state index in [1.807, 2.05) is 54.6 Å². The van der Waals surface area contributed by atoms with Crippen LogP contribution in [0.3, 0.4) is 0 Å². The fourth-order valence-corrected chi connectivity index (χ4v) is 3.10. The average Bonchev–Trinajstić information content (AvgIpc) is 2.78. The Balaban J connectivity index is 1.49. The molecule has 0 bridgehead atoms. The Morgan fingerprint density at radius 1 is 0.933 bits per heavy atom. The van der Waals surface area contributed by atoms with E-state index in [9.17, 15) is 9.90 Å². The molecule has 1 atom stereocenters. The molecule has 0 saturated carbocycles. The summed E-state index contributed by atoms with van der Waals surface area (Å²) in [5.41, 5.74) is 4.41. The summed E-state index contributed by atoms with van der Waals surface area (Å²) in [5, 5.41) is 9.17. The van der Waals surface area contributed by atoms with Gasteiger partial charge in [-0.1, -0.05) is 72.8 Å². The third kappa shape index (κ3) is 6.33. The van der Waals surface area contributed by atoms with E-state index in [1.54, 1.807) is 6.92 Å². The van der Waals surface area contributed by atoms with Crippen LogP contribution in [0.2, 0.25) is 0 Å². The zero-order valence-electron chi connectivity index (χ0n) is 17.0. The van der Waals surface area contributed by atoms with Crippen LogP contribution in [-0.4, -0.2) is 30.4 Å². The number of carboxylic acids is 1. The van der Waals surface area contributed by atoms with Gasteiger partial charge in [0.15, 0.2) is 6.10 Å². The lowest BCUT2D eigenvalue weighted by molar-refractivity contribution is -0.149. The van der Waals surface area contributed by atoms with Crippen LogP contribution in [0.4, 0.5) is 0 Å². The zero-order chi connectivity index (χ0) is 21.2.